The summed E-state index contributed by atoms with van der Waals surface area (Å²) in [5, 5.41) is 9.01. The smallest absolute Gasteiger partial charge is 0.308 e. The number of rotatable bonds is 3. The molecule has 2 unspecified atom stereocenters. The van der Waals surface area contributed by atoms with E-state index in [1.165, 1.54) is 12.1 Å². The molecule has 0 aromatic heterocycles. The van der Waals surface area contributed by atoms with Gasteiger partial charge in [0.1, 0.15) is 0 Å². The maximum absolute atomic E-state index is 13.5. The van der Waals surface area contributed by atoms with Gasteiger partial charge in [-0.25, -0.2) is 8.78 Å². The van der Waals surface area contributed by atoms with Crippen molar-refractivity contribution in [3.05, 3.63) is 35.4 Å². The molecule has 0 radical (unpaired) electrons. The monoisotopic (exact) mass is 255 g/mol. The summed E-state index contributed by atoms with van der Waals surface area (Å²) in [4.78, 5) is 12.8. The number of hydrogen-bond acceptors (Lipinski definition) is 2. The van der Waals surface area contributed by atoms with Gasteiger partial charge in [0.2, 0.25) is 0 Å². The highest BCUT2D eigenvalue weighted by molar-refractivity contribution is 5.71. The zero-order valence-electron chi connectivity index (χ0n) is 10.1. The van der Waals surface area contributed by atoms with Crippen molar-refractivity contribution in [2.45, 2.75) is 25.9 Å². The predicted molar refractivity (Wildman–Crippen MR) is 62.0 cm³/mol. The van der Waals surface area contributed by atoms with Gasteiger partial charge < -0.3 is 5.11 Å². The summed E-state index contributed by atoms with van der Waals surface area (Å²) in [5.41, 5.74) is 0.271. The van der Waals surface area contributed by atoms with Gasteiger partial charge in [-0.05, 0) is 26.0 Å². The van der Waals surface area contributed by atoms with Gasteiger partial charge in [-0.15, -0.1) is 0 Å². The first-order valence-corrected chi connectivity index (χ1v) is 5.90. The van der Waals surface area contributed by atoms with Crippen LogP contribution in [-0.4, -0.2) is 28.6 Å². The second kappa shape index (κ2) is 5.02. The third kappa shape index (κ3) is 2.36. The first kappa shape index (κ1) is 13.0. The molecule has 1 heterocycles. The molecule has 0 saturated carbocycles. The quantitative estimate of drug-likeness (QED) is 0.900. The fraction of sp³-hybridized carbons (Fsp3) is 0.462. The third-order valence-electron chi connectivity index (χ3n) is 3.61. The Labute approximate surface area is 104 Å². The number of halogens is 2. The number of aliphatic carboxylic acids is 1. The van der Waals surface area contributed by atoms with Gasteiger partial charge in [0.05, 0.1) is 5.92 Å². The molecule has 1 aliphatic heterocycles. The first-order valence-electron chi connectivity index (χ1n) is 5.90. The molecule has 18 heavy (non-hydrogen) atoms. The Morgan fingerprint density at radius 3 is 2.83 bits per heavy atom. The number of hydrogen-bond donors (Lipinski definition) is 1. The van der Waals surface area contributed by atoms with Gasteiger partial charge in [-0.2, -0.15) is 0 Å². The second-order valence-electron chi connectivity index (χ2n) is 4.66. The van der Waals surface area contributed by atoms with Crippen LogP contribution in [0.1, 0.15) is 18.9 Å². The Bertz CT molecular complexity index is 464. The van der Waals surface area contributed by atoms with Crippen molar-refractivity contribution < 1.29 is 18.7 Å². The van der Waals surface area contributed by atoms with E-state index < -0.39 is 23.5 Å². The lowest BCUT2D eigenvalue weighted by molar-refractivity contribution is -0.142. The van der Waals surface area contributed by atoms with Crippen molar-refractivity contribution in [3.63, 3.8) is 0 Å². The number of carboxylic acid groups (broad SMARTS) is 1. The lowest BCUT2D eigenvalue weighted by atomic mass is 10.0. The van der Waals surface area contributed by atoms with Crippen LogP contribution in [0.3, 0.4) is 0 Å². The average Bonchev–Trinajstić information content (AvgIpc) is 2.67. The molecule has 2 rings (SSSR count). The van der Waals surface area contributed by atoms with Crippen molar-refractivity contribution in [2.24, 2.45) is 5.92 Å². The maximum Gasteiger partial charge on any atom is 0.308 e. The lowest BCUT2D eigenvalue weighted by Crippen LogP contribution is -2.32. The van der Waals surface area contributed by atoms with Gasteiger partial charge in [0, 0.05) is 18.2 Å². The van der Waals surface area contributed by atoms with Crippen molar-refractivity contribution >= 4 is 5.97 Å². The van der Waals surface area contributed by atoms with E-state index in [9.17, 15) is 13.6 Å². The molecule has 0 bridgehead atoms. The molecule has 5 heteroatoms. The van der Waals surface area contributed by atoms with Crippen molar-refractivity contribution in [1.29, 1.82) is 0 Å². The van der Waals surface area contributed by atoms with E-state index in [0.29, 0.717) is 13.0 Å². The first-order chi connectivity index (χ1) is 8.50. The third-order valence-corrected chi connectivity index (χ3v) is 3.61. The minimum Gasteiger partial charge on any atom is -0.481 e. The Morgan fingerprint density at radius 2 is 2.22 bits per heavy atom. The van der Waals surface area contributed by atoms with E-state index in [4.69, 9.17) is 5.11 Å². The molecule has 3 nitrogen and oxygen atoms in total. The predicted octanol–water partition coefficient (Wildman–Crippen LogP) is 2.26. The standard InChI is InChI=1S/C13H15F2NO2/c1-8-10(13(17)18)5-6-16(8)7-9-3-2-4-11(14)12(9)15/h2-4,8,10H,5-7H2,1H3,(H,17,18). The SMILES string of the molecule is CC1C(C(=O)O)CCN1Cc1cccc(F)c1F. The van der Waals surface area contributed by atoms with E-state index in [1.54, 1.807) is 0 Å². The fourth-order valence-electron chi connectivity index (χ4n) is 2.45. The highest BCUT2D eigenvalue weighted by Gasteiger charge is 2.35. The molecule has 1 fully saturated rings. The van der Waals surface area contributed by atoms with Crippen LogP contribution in [0.5, 0.6) is 0 Å². The number of likely N-dealkylation sites (tertiary alicyclic amines) is 1. The fourth-order valence-corrected chi connectivity index (χ4v) is 2.45. The van der Waals surface area contributed by atoms with Crippen LogP contribution in [0.15, 0.2) is 18.2 Å². The van der Waals surface area contributed by atoms with Crippen molar-refractivity contribution in [3.8, 4) is 0 Å². The van der Waals surface area contributed by atoms with Crippen LogP contribution < -0.4 is 0 Å². The summed E-state index contributed by atoms with van der Waals surface area (Å²) < 4.78 is 26.6. The number of benzene rings is 1. The summed E-state index contributed by atoms with van der Waals surface area (Å²) in [6.45, 7) is 2.64. The summed E-state index contributed by atoms with van der Waals surface area (Å²) in [5.74, 6) is -2.97. The molecule has 0 spiro atoms. The van der Waals surface area contributed by atoms with Gasteiger partial charge in [-0.3, -0.25) is 9.69 Å². The molecule has 0 amide bonds. The molecule has 1 aliphatic rings. The second-order valence-corrected chi connectivity index (χ2v) is 4.66. The van der Waals surface area contributed by atoms with Crippen molar-refractivity contribution in [1.82, 2.24) is 4.90 Å². The molecule has 1 aromatic carbocycles. The minimum atomic E-state index is -0.867. The largest absolute Gasteiger partial charge is 0.481 e. The van der Waals surface area contributed by atoms with E-state index in [0.717, 1.165) is 6.07 Å². The van der Waals surface area contributed by atoms with Gasteiger partial charge in [0.25, 0.3) is 0 Å². The average molecular weight is 255 g/mol. The van der Waals surface area contributed by atoms with E-state index in [2.05, 4.69) is 0 Å². The number of nitrogens with zero attached hydrogens (tertiary/aromatic N) is 1. The number of carbonyl (C=O) groups is 1. The summed E-state index contributed by atoms with van der Waals surface area (Å²) in [7, 11) is 0. The molecule has 0 aliphatic carbocycles. The van der Waals surface area contributed by atoms with Crippen LogP contribution in [0.25, 0.3) is 0 Å². The van der Waals surface area contributed by atoms with E-state index in [1.807, 2.05) is 11.8 Å². The highest BCUT2D eigenvalue weighted by atomic mass is 19.2. The zero-order valence-corrected chi connectivity index (χ0v) is 10.1. The van der Waals surface area contributed by atoms with E-state index >= 15 is 0 Å². The highest BCUT2D eigenvalue weighted by Crippen LogP contribution is 2.26. The van der Waals surface area contributed by atoms with Gasteiger partial charge >= 0.3 is 5.97 Å². The molecule has 1 N–H and O–H groups in total. The maximum atomic E-state index is 13.5. The van der Waals surface area contributed by atoms with E-state index in [-0.39, 0.29) is 18.2 Å². The summed E-state index contributed by atoms with van der Waals surface area (Å²) >= 11 is 0. The molecule has 98 valence electrons. The van der Waals surface area contributed by atoms with Gasteiger partial charge in [-0.1, -0.05) is 12.1 Å². The normalized spacial score (nSPS) is 24.4. The Kier molecular flexibility index (Phi) is 3.61. The van der Waals surface area contributed by atoms with Crippen LogP contribution >= 0.6 is 0 Å². The zero-order chi connectivity index (χ0) is 13.3. The number of carboxylic acids is 1. The molecular formula is C13H15F2NO2. The van der Waals surface area contributed by atoms with Crippen LogP contribution in [-0.2, 0) is 11.3 Å². The van der Waals surface area contributed by atoms with Crippen LogP contribution in [0.2, 0.25) is 0 Å². The Morgan fingerprint density at radius 1 is 1.50 bits per heavy atom. The van der Waals surface area contributed by atoms with Crippen LogP contribution in [0, 0.1) is 17.6 Å². The molecule has 1 aromatic rings. The Balaban J connectivity index is 2.11. The van der Waals surface area contributed by atoms with Crippen LogP contribution in [0.4, 0.5) is 8.78 Å². The topological polar surface area (TPSA) is 40.5 Å². The lowest BCUT2D eigenvalue weighted by Gasteiger charge is -2.23. The molecular weight excluding hydrogens is 240 g/mol. The molecule has 1 saturated heterocycles. The summed E-state index contributed by atoms with van der Waals surface area (Å²) in [6.07, 6.45) is 0.549. The minimum absolute atomic E-state index is 0.162. The summed E-state index contributed by atoms with van der Waals surface area (Å²) in [6, 6.07) is 3.90. The molecule has 2 atom stereocenters. The van der Waals surface area contributed by atoms with Gasteiger partial charge in [0.15, 0.2) is 11.6 Å². The Hall–Kier alpha value is -1.49. The van der Waals surface area contributed by atoms with Crippen molar-refractivity contribution in [2.75, 3.05) is 6.54 Å².